The molecule has 94 valence electrons. The summed E-state index contributed by atoms with van der Waals surface area (Å²) in [5.74, 6) is -0.279. The van der Waals surface area contributed by atoms with E-state index in [1.54, 1.807) is 24.7 Å². The number of aromatic nitrogens is 2. The Hall–Kier alpha value is -2.10. The maximum atomic E-state index is 11.6. The van der Waals surface area contributed by atoms with E-state index in [2.05, 4.69) is 4.98 Å². The third-order valence-corrected chi connectivity index (χ3v) is 2.46. The van der Waals surface area contributed by atoms with E-state index in [4.69, 9.17) is 4.74 Å². The standard InChI is InChI=1S/C14H16N2O2/c1-11(2)18-14(17)13-5-3-12(4-6-13)9-16-8-7-15-10-16/h3-8,10-11H,9H2,1-2H3. The van der Waals surface area contributed by atoms with E-state index in [0.717, 1.165) is 12.1 Å². The predicted molar refractivity (Wildman–Crippen MR) is 68.3 cm³/mol. The zero-order valence-electron chi connectivity index (χ0n) is 10.5. The molecule has 0 amide bonds. The van der Waals surface area contributed by atoms with E-state index in [1.165, 1.54) is 0 Å². The lowest BCUT2D eigenvalue weighted by atomic mass is 10.1. The topological polar surface area (TPSA) is 44.1 Å². The van der Waals surface area contributed by atoms with Crippen molar-refractivity contribution in [2.24, 2.45) is 0 Å². The largest absolute Gasteiger partial charge is 0.459 e. The molecule has 2 aromatic rings. The third kappa shape index (κ3) is 3.20. The van der Waals surface area contributed by atoms with E-state index >= 15 is 0 Å². The number of benzene rings is 1. The minimum absolute atomic E-state index is 0.0943. The number of carbonyl (C=O) groups is 1. The first-order valence-corrected chi connectivity index (χ1v) is 5.91. The Kier molecular flexibility index (Phi) is 3.77. The SMILES string of the molecule is CC(C)OC(=O)c1ccc(Cn2ccnc2)cc1. The minimum atomic E-state index is -0.279. The molecule has 0 fully saturated rings. The summed E-state index contributed by atoms with van der Waals surface area (Å²) in [5.41, 5.74) is 1.70. The van der Waals surface area contributed by atoms with Gasteiger partial charge in [-0.1, -0.05) is 12.1 Å². The summed E-state index contributed by atoms with van der Waals surface area (Å²) in [4.78, 5) is 15.6. The molecule has 0 aliphatic rings. The van der Waals surface area contributed by atoms with Gasteiger partial charge in [-0.25, -0.2) is 9.78 Å². The summed E-state index contributed by atoms with van der Waals surface area (Å²) in [6, 6.07) is 7.43. The molecule has 0 spiro atoms. The predicted octanol–water partition coefficient (Wildman–Crippen LogP) is 2.50. The fraction of sp³-hybridized carbons (Fsp3) is 0.286. The monoisotopic (exact) mass is 244 g/mol. The Balaban J connectivity index is 2.03. The lowest BCUT2D eigenvalue weighted by Crippen LogP contribution is -2.11. The lowest BCUT2D eigenvalue weighted by Gasteiger charge is -2.08. The molecule has 0 aliphatic heterocycles. The molecule has 0 atom stereocenters. The van der Waals surface area contributed by atoms with Crippen LogP contribution in [0, 0.1) is 0 Å². The number of ether oxygens (including phenoxy) is 1. The zero-order chi connectivity index (χ0) is 13.0. The van der Waals surface area contributed by atoms with E-state index in [1.807, 2.05) is 36.7 Å². The highest BCUT2D eigenvalue weighted by Gasteiger charge is 2.08. The Morgan fingerprint density at radius 1 is 1.33 bits per heavy atom. The van der Waals surface area contributed by atoms with Gasteiger partial charge >= 0.3 is 5.97 Å². The maximum Gasteiger partial charge on any atom is 0.338 e. The van der Waals surface area contributed by atoms with Crippen LogP contribution in [-0.4, -0.2) is 21.6 Å². The van der Waals surface area contributed by atoms with Crippen LogP contribution < -0.4 is 0 Å². The van der Waals surface area contributed by atoms with Crippen molar-refractivity contribution >= 4 is 5.97 Å². The molecule has 0 saturated carbocycles. The number of carbonyl (C=O) groups excluding carboxylic acids is 1. The second kappa shape index (κ2) is 5.49. The number of imidazole rings is 1. The summed E-state index contributed by atoms with van der Waals surface area (Å²) in [6.45, 7) is 4.43. The Morgan fingerprint density at radius 3 is 2.61 bits per heavy atom. The van der Waals surface area contributed by atoms with Gasteiger partial charge in [0.15, 0.2) is 0 Å². The molecule has 1 heterocycles. The van der Waals surface area contributed by atoms with E-state index in [9.17, 15) is 4.79 Å². The molecule has 1 aromatic carbocycles. The smallest absolute Gasteiger partial charge is 0.338 e. The molecule has 0 N–H and O–H groups in total. The average Bonchev–Trinajstić information content (AvgIpc) is 2.82. The van der Waals surface area contributed by atoms with Crippen LogP contribution in [0.15, 0.2) is 43.0 Å². The van der Waals surface area contributed by atoms with Crippen LogP contribution in [0.2, 0.25) is 0 Å². The van der Waals surface area contributed by atoms with Gasteiger partial charge in [-0.15, -0.1) is 0 Å². The Bertz CT molecular complexity index is 501. The Morgan fingerprint density at radius 2 is 2.06 bits per heavy atom. The highest BCUT2D eigenvalue weighted by atomic mass is 16.5. The van der Waals surface area contributed by atoms with Crippen molar-refractivity contribution in [3.05, 3.63) is 54.1 Å². The van der Waals surface area contributed by atoms with E-state index in [-0.39, 0.29) is 12.1 Å². The van der Waals surface area contributed by atoms with Gasteiger partial charge in [0.25, 0.3) is 0 Å². The van der Waals surface area contributed by atoms with Gasteiger partial charge in [-0.05, 0) is 31.5 Å². The van der Waals surface area contributed by atoms with Gasteiger partial charge in [-0.3, -0.25) is 0 Å². The molecule has 4 heteroatoms. The van der Waals surface area contributed by atoms with Gasteiger partial charge in [0, 0.05) is 18.9 Å². The first-order chi connectivity index (χ1) is 8.65. The van der Waals surface area contributed by atoms with Crippen molar-refractivity contribution in [2.45, 2.75) is 26.5 Å². The first-order valence-electron chi connectivity index (χ1n) is 5.91. The molecular formula is C14H16N2O2. The quantitative estimate of drug-likeness (QED) is 0.776. The van der Waals surface area contributed by atoms with Crippen molar-refractivity contribution in [3.8, 4) is 0 Å². The molecule has 2 rings (SSSR count). The van der Waals surface area contributed by atoms with Crippen LogP contribution in [0.4, 0.5) is 0 Å². The minimum Gasteiger partial charge on any atom is -0.459 e. The molecule has 18 heavy (non-hydrogen) atoms. The summed E-state index contributed by atoms with van der Waals surface area (Å²) < 4.78 is 7.10. The van der Waals surface area contributed by atoms with Crippen molar-refractivity contribution < 1.29 is 9.53 Å². The van der Waals surface area contributed by atoms with Crippen molar-refractivity contribution in [1.29, 1.82) is 0 Å². The molecule has 0 bridgehead atoms. The van der Waals surface area contributed by atoms with Gasteiger partial charge < -0.3 is 9.30 Å². The normalized spacial score (nSPS) is 10.6. The molecule has 0 radical (unpaired) electrons. The van der Waals surface area contributed by atoms with Crippen LogP contribution in [0.3, 0.4) is 0 Å². The van der Waals surface area contributed by atoms with Crippen LogP contribution >= 0.6 is 0 Å². The Labute approximate surface area is 106 Å². The number of esters is 1. The molecule has 4 nitrogen and oxygen atoms in total. The van der Waals surface area contributed by atoms with Gasteiger partial charge in [0.1, 0.15) is 0 Å². The second-order valence-corrected chi connectivity index (χ2v) is 4.39. The number of rotatable bonds is 4. The zero-order valence-corrected chi connectivity index (χ0v) is 10.5. The highest BCUT2D eigenvalue weighted by Crippen LogP contribution is 2.08. The summed E-state index contributed by atoms with van der Waals surface area (Å²) >= 11 is 0. The van der Waals surface area contributed by atoms with Crippen LogP contribution in [0.25, 0.3) is 0 Å². The third-order valence-electron chi connectivity index (χ3n) is 2.46. The first kappa shape index (κ1) is 12.4. The molecular weight excluding hydrogens is 228 g/mol. The molecule has 0 unspecified atom stereocenters. The summed E-state index contributed by atoms with van der Waals surface area (Å²) in [5, 5.41) is 0. The molecule has 1 aromatic heterocycles. The fourth-order valence-electron chi connectivity index (χ4n) is 1.62. The van der Waals surface area contributed by atoms with E-state index in [0.29, 0.717) is 5.56 Å². The van der Waals surface area contributed by atoms with Crippen LogP contribution in [-0.2, 0) is 11.3 Å². The molecule has 0 aliphatic carbocycles. The summed E-state index contributed by atoms with van der Waals surface area (Å²) in [6.07, 6.45) is 5.32. The van der Waals surface area contributed by atoms with Crippen LogP contribution in [0.1, 0.15) is 29.8 Å². The van der Waals surface area contributed by atoms with Crippen molar-refractivity contribution in [1.82, 2.24) is 9.55 Å². The average molecular weight is 244 g/mol. The van der Waals surface area contributed by atoms with Crippen molar-refractivity contribution in [3.63, 3.8) is 0 Å². The fourth-order valence-corrected chi connectivity index (χ4v) is 1.62. The number of hydrogen-bond acceptors (Lipinski definition) is 3. The van der Waals surface area contributed by atoms with E-state index < -0.39 is 0 Å². The number of nitrogens with zero attached hydrogens (tertiary/aromatic N) is 2. The van der Waals surface area contributed by atoms with Gasteiger partial charge in [0.2, 0.25) is 0 Å². The molecule has 0 saturated heterocycles. The van der Waals surface area contributed by atoms with Gasteiger partial charge in [0.05, 0.1) is 18.0 Å². The lowest BCUT2D eigenvalue weighted by molar-refractivity contribution is 0.0378. The van der Waals surface area contributed by atoms with Crippen molar-refractivity contribution in [2.75, 3.05) is 0 Å². The highest BCUT2D eigenvalue weighted by molar-refractivity contribution is 5.89. The summed E-state index contributed by atoms with van der Waals surface area (Å²) in [7, 11) is 0. The van der Waals surface area contributed by atoms with Gasteiger partial charge in [-0.2, -0.15) is 0 Å². The second-order valence-electron chi connectivity index (χ2n) is 4.39. The number of hydrogen-bond donors (Lipinski definition) is 0. The van der Waals surface area contributed by atoms with Crippen LogP contribution in [0.5, 0.6) is 0 Å². The maximum absolute atomic E-state index is 11.6.